The molecular weight excluding hydrogens is 526 g/mol. The molecule has 4 aromatic rings. The van der Waals surface area contributed by atoms with Crippen molar-refractivity contribution in [3.8, 4) is 11.3 Å². The van der Waals surface area contributed by atoms with Gasteiger partial charge in [0.2, 0.25) is 6.54 Å². The van der Waals surface area contributed by atoms with E-state index in [4.69, 9.17) is 22.9 Å². The molecule has 0 radical (unpaired) electrons. The molecule has 1 fully saturated rings. The quantitative estimate of drug-likeness (QED) is 0.286. The number of halogens is 3. The maximum Gasteiger partial charge on any atom is 0.410 e. The number of amides is 1. The summed E-state index contributed by atoms with van der Waals surface area (Å²) < 4.78 is 35.8. The van der Waals surface area contributed by atoms with Crippen LogP contribution in [0, 0.1) is 18.2 Å². The maximum absolute atomic E-state index is 16.0. The third kappa shape index (κ3) is 5.02. The van der Waals surface area contributed by atoms with Gasteiger partial charge in [0, 0.05) is 36.8 Å². The Kier molecular flexibility index (Phi) is 6.95. The highest BCUT2D eigenvalue weighted by molar-refractivity contribution is 6.36. The molecule has 11 heteroatoms. The Hall–Kier alpha value is -4.10. The summed E-state index contributed by atoms with van der Waals surface area (Å²) in [4.78, 5) is 32.7. The molecule has 1 atom stereocenters. The number of pyridine rings is 1. The van der Waals surface area contributed by atoms with Crippen LogP contribution < -0.4 is 4.90 Å². The van der Waals surface area contributed by atoms with Gasteiger partial charge in [-0.2, -0.15) is 0 Å². The average Bonchev–Trinajstić information content (AvgIpc) is 2.90. The Labute approximate surface area is 229 Å². The lowest BCUT2D eigenvalue weighted by atomic mass is 10.0. The number of hydrogen-bond acceptors (Lipinski definition) is 6. The van der Waals surface area contributed by atoms with E-state index in [-0.39, 0.29) is 22.8 Å². The van der Waals surface area contributed by atoms with Gasteiger partial charge in [-0.05, 0) is 32.2 Å². The summed E-state index contributed by atoms with van der Waals surface area (Å²) in [5.74, 6) is -0.852. The van der Waals surface area contributed by atoms with Crippen molar-refractivity contribution in [2.45, 2.75) is 32.4 Å². The van der Waals surface area contributed by atoms with Gasteiger partial charge in [0.05, 0.1) is 10.4 Å². The summed E-state index contributed by atoms with van der Waals surface area (Å²) in [5, 5.41) is 1.28. The number of benzene rings is 2. The molecule has 200 valence electrons. The van der Waals surface area contributed by atoms with Crippen LogP contribution in [0.5, 0.6) is 0 Å². The number of fused-ring (bicyclic) bond motifs is 2. The van der Waals surface area contributed by atoms with Gasteiger partial charge in [-0.15, -0.1) is 0 Å². The zero-order chi connectivity index (χ0) is 27.9. The van der Waals surface area contributed by atoms with E-state index in [1.807, 2.05) is 4.90 Å². The molecule has 39 heavy (non-hydrogen) atoms. The van der Waals surface area contributed by atoms with Crippen LogP contribution in [0.15, 0.2) is 42.9 Å². The average molecular weight is 551 g/mol. The molecule has 5 rings (SSSR count). The van der Waals surface area contributed by atoms with Crippen molar-refractivity contribution in [1.29, 1.82) is 0 Å². The second kappa shape index (κ2) is 10.2. The van der Waals surface area contributed by atoms with Crippen LogP contribution in [0.25, 0.3) is 37.8 Å². The van der Waals surface area contributed by atoms with Crippen LogP contribution in [0.4, 0.5) is 19.4 Å². The van der Waals surface area contributed by atoms with E-state index in [0.29, 0.717) is 47.2 Å². The van der Waals surface area contributed by atoms with Crippen molar-refractivity contribution in [2.24, 2.45) is 0 Å². The van der Waals surface area contributed by atoms with Crippen LogP contribution in [0.3, 0.4) is 0 Å². The van der Waals surface area contributed by atoms with Crippen molar-refractivity contribution in [1.82, 2.24) is 19.9 Å². The topological polar surface area (TPSA) is 75.8 Å². The van der Waals surface area contributed by atoms with Gasteiger partial charge >= 0.3 is 6.09 Å². The third-order valence-electron chi connectivity index (χ3n) is 6.50. The van der Waals surface area contributed by atoms with Gasteiger partial charge in [0.15, 0.2) is 5.82 Å². The Morgan fingerprint density at radius 2 is 1.97 bits per heavy atom. The number of anilines is 1. The Balaban J connectivity index is 1.53. The number of nitrogens with zero attached hydrogens (tertiary/aromatic N) is 6. The van der Waals surface area contributed by atoms with Gasteiger partial charge in [-0.3, -0.25) is 9.88 Å². The Morgan fingerprint density at radius 1 is 1.18 bits per heavy atom. The number of piperazine rings is 1. The summed E-state index contributed by atoms with van der Waals surface area (Å²) in [5.41, 5.74) is -0.280. The maximum atomic E-state index is 16.0. The first kappa shape index (κ1) is 26.5. The van der Waals surface area contributed by atoms with Gasteiger partial charge in [0.1, 0.15) is 40.8 Å². The normalized spacial score (nSPS) is 16.0. The number of hydrogen-bond donors (Lipinski definition) is 0. The Bertz CT molecular complexity index is 1630. The smallest absolute Gasteiger partial charge is 0.410 e. The van der Waals surface area contributed by atoms with Gasteiger partial charge in [-0.25, -0.2) is 30.1 Å². The fourth-order valence-electron chi connectivity index (χ4n) is 4.79. The molecule has 1 aliphatic rings. The van der Waals surface area contributed by atoms with Crippen molar-refractivity contribution >= 4 is 45.2 Å². The van der Waals surface area contributed by atoms with Gasteiger partial charge in [-0.1, -0.05) is 35.9 Å². The first-order valence-corrected chi connectivity index (χ1v) is 12.7. The minimum Gasteiger partial charge on any atom is -0.444 e. The molecule has 1 saturated heterocycles. The lowest BCUT2D eigenvalue weighted by molar-refractivity contribution is 0.0156. The van der Waals surface area contributed by atoms with Crippen molar-refractivity contribution < 1.29 is 18.3 Å². The van der Waals surface area contributed by atoms with E-state index in [1.54, 1.807) is 49.9 Å². The monoisotopic (exact) mass is 550 g/mol. The van der Waals surface area contributed by atoms with Crippen molar-refractivity contribution in [2.75, 3.05) is 31.1 Å². The van der Waals surface area contributed by atoms with Crippen LogP contribution in [0.2, 0.25) is 5.02 Å². The molecule has 0 aliphatic carbocycles. The molecule has 0 bridgehead atoms. The fourth-order valence-corrected chi connectivity index (χ4v) is 5.07. The molecule has 2 aromatic carbocycles. The highest BCUT2D eigenvalue weighted by Gasteiger charge is 2.36. The summed E-state index contributed by atoms with van der Waals surface area (Å²) in [6.07, 6.45) is 2.27. The zero-order valence-corrected chi connectivity index (χ0v) is 22.3. The number of ether oxygens (including phenoxy) is 1. The second-order valence-electron chi connectivity index (χ2n) is 10.3. The summed E-state index contributed by atoms with van der Waals surface area (Å²) in [7, 11) is 0. The first-order valence-electron chi connectivity index (χ1n) is 12.3. The SMILES string of the molecule is [C-]#[N+]C[C@H]1CN(c2ncnc3c(F)c(-c4cccc5ccc(F)c(Cl)c45)ncc23)CCN1C(=O)OC(C)(C)C. The molecule has 1 aliphatic heterocycles. The third-order valence-corrected chi connectivity index (χ3v) is 6.87. The van der Waals surface area contributed by atoms with Crippen molar-refractivity contribution in [3.05, 3.63) is 70.9 Å². The van der Waals surface area contributed by atoms with Crippen molar-refractivity contribution in [3.63, 3.8) is 0 Å². The van der Waals surface area contributed by atoms with Gasteiger partial charge < -0.3 is 14.5 Å². The summed E-state index contributed by atoms with van der Waals surface area (Å²) >= 11 is 6.27. The lowest BCUT2D eigenvalue weighted by Crippen LogP contribution is -2.57. The lowest BCUT2D eigenvalue weighted by Gasteiger charge is -2.40. The highest BCUT2D eigenvalue weighted by Crippen LogP contribution is 2.37. The van der Waals surface area contributed by atoms with Crippen LogP contribution in [-0.4, -0.2) is 63.8 Å². The van der Waals surface area contributed by atoms with Crippen LogP contribution >= 0.6 is 11.6 Å². The molecule has 3 heterocycles. The summed E-state index contributed by atoms with van der Waals surface area (Å²) in [6.45, 7) is 13.8. The predicted molar refractivity (Wildman–Crippen MR) is 146 cm³/mol. The number of carbonyl (C=O) groups excluding carboxylic acids is 1. The van der Waals surface area contributed by atoms with Gasteiger partial charge in [0.25, 0.3) is 0 Å². The molecule has 8 nitrogen and oxygen atoms in total. The zero-order valence-electron chi connectivity index (χ0n) is 21.6. The van der Waals surface area contributed by atoms with Crippen LogP contribution in [0.1, 0.15) is 20.8 Å². The van der Waals surface area contributed by atoms with Crippen LogP contribution in [-0.2, 0) is 4.74 Å². The van der Waals surface area contributed by atoms with E-state index in [0.717, 1.165) is 0 Å². The van der Waals surface area contributed by atoms with E-state index >= 15 is 4.39 Å². The standard InChI is InChI=1S/C28H25ClF2N6O2/c1-28(2,3)39-27(38)37-11-10-36(14-17(37)12-32-4)26-19-13-33-24(23(31)25(19)34-15-35-26)18-7-5-6-16-8-9-20(30)22(29)21(16)18/h5-9,13,15,17H,10-12,14H2,1-3H3/t17-/m0/s1. The molecule has 1 amide bonds. The number of aromatic nitrogens is 3. The molecule has 0 saturated carbocycles. The first-order chi connectivity index (χ1) is 18.6. The number of carbonyl (C=O) groups is 1. The molecule has 2 aromatic heterocycles. The van der Waals surface area contributed by atoms with E-state index in [9.17, 15) is 9.18 Å². The number of rotatable bonds is 3. The van der Waals surface area contributed by atoms with E-state index in [2.05, 4.69) is 19.8 Å². The molecule has 0 spiro atoms. The largest absolute Gasteiger partial charge is 0.444 e. The fraction of sp³-hybridized carbons (Fsp3) is 0.321. The molecular formula is C28H25ClF2N6O2. The second-order valence-corrected chi connectivity index (χ2v) is 10.6. The highest BCUT2D eigenvalue weighted by atomic mass is 35.5. The molecule has 0 unspecified atom stereocenters. The minimum absolute atomic E-state index is 0.00845. The van der Waals surface area contributed by atoms with E-state index in [1.165, 1.54) is 18.6 Å². The summed E-state index contributed by atoms with van der Waals surface area (Å²) in [6, 6.07) is 7.53. The van der Waals surface area contributed by atoms with E-state index < -0.39 is 29.4 Å². The Morgan fingerprint density at radius 3 is 2.72 bits per heavy atom. The minimum atomic E-state index is -0.686. The predicted octanol–water partition coefficient (Wildman–Crippen LogP) is 6.12. The molecule has 0 N–H and O–H groups in total.